The number of rotatable bonds is 5. The monoisotopic (exact) mass is 230 g/mol. The zero-order valence-electron chi connectivity index (χ0n) is 8.69. The molecular formula is C8H14N4O2S. The lowest BCUT2D eigenvalue weighted by atomic mass is 10.5. The lowest BCUT2D eigenvalue weighted by Gasteiger charge is -2.05. The summed E-state index contributed by atoms with van der Waals surface area (Å²) < 4.78 is 24.4. The predicted octanol–water partition coefficient (Wildman–Crippen LogP) is -0.254. The molecule has 0 spiro atoms. The molecule has 15 heavy (non-hydrogen) atoms. The number of nitrogens with zero attached hydrogens (tertiary/aromatic N) is 2. The van der Waals surface area contributed by atoms with Crippen molar-refractivity contribution >= 4 is 16.0 Å². The molecule has 0 atom stereocenters. The van der Waals surface area contributed by atoms with E-state index in [1.54, 1.807) is 12.3 Å². The molecule has 1 rings (SSSR count). The first-order valence-corrected chi connectivity index (χ1v) is 6.13. The Labute approximate surface area is 89.2 Å². The largest absolute Gasteiger partial charge is 0.353 e. The van der Waals surface area contributed by atoms with E-state index < -0.39 is 10.0 Å². The molecule has 2 N–H and O–H groups in total. The van der Waals surface area contributed by atoms with Crippen molar-refractivity contribution in [3.05, 3.63) is 18.0 Å². The summed E-state index contributed by atoms with van der Waals surface area (Å²) >= 11 is 0. The number of aromatic nitrogens is 2. The van der Waals surface area contributed by atoms with Crippen LogP contribution in [0.1, 0.15) is 5.69 Å². The highest BCUT2D eigenvalue weighted by Gasteiger charge is 2.06. The van der Waals surface area contributed by atoms with Gasteiger partial charge in [-0.2, -0.15) is 0 Å². The molecule has 0 aliphatic carbocycles. The second-order valence-electron chi connectivity index (χ2n) is 2.97. The predicted molar refractivity (Wildman–Crippen MR) is 58.1 cm³/mol. The Balaban J connectivity index is 2.45. The molecule has 0 aliphatic rings. The Morgan fingerprint density at radius 1 is 1.47 bits per heavy atom. The molecule has 1 aromatic heterocycles. The summed E-state index contributed by atoms with van der Waals surface area (Å²) in [7, 11) is -1.78. The third-order valence-electron chi connectivity index (χ3n) is 1.76. The fraction of sp³-hybridized carbons (Fsp3) is 0.500. The summed E-state index contributed by atoms with van der Waals surface area (Å²) in [4.78, 5) is 8.03. The minimum Gasteiger partial charge on any atom is -0.353 e. The van der Waals surface area contributed by atoms with Gasteiger partial charge in [0.2, 0.25) is 16.0 Å². The van der Waals surface area contributed by atoms with E-state index >= 15 is 0 Å². The molecule has 7 heteroatoms. The summed E-state index contributed by atoms with van der Waals surface area (Å²) in [5, 5.41) is 2.83. The summed E-state index contributed by atoms with van der Waals surface area (Å²) in [6, 6.07) is 1.77. The van der Waals surface area contributed by atoms with Crippen LogP contribution in [0.3, 0.4) is 0 Å². The van der Waals surface area contributed by atoms with E-state index in [1.165, 1.54) is 7.05 Å². The SMILES string of the molecule is CNS(=O)(=O)CCNc1nccc(C)n1. The highest BCUT2D eigenvalue weighted by Crippen LogP contribution is 1.98. The van der Waals surface area contributed by atoms with Gasteiger partial charge in [0.25, 0.3) is 0 Å². The lowest BCUT2D eigenvalue weighted by Crippen LogP contribution is -2.26. The Morgan fingerprint density at radius 2 is 2.20 bits per heavy atom. The molecule has 84 valence electrons. The van der Waals surface area contributed by atoms with Gasteiger partial charge in [-0.3, -0.25) is 0 Å². The van der Waals surface area contributed by atoms with Crippen LogP contribution in [0.2, 0.25) is 0 Å². The van der Waals surface area contributed by atoms with E-state index in [9.17, 15) is 8.42 Å². The maximum Gasteiger partial charge on any atom is 0.222 e. The molecule has 0 saturated heterocycles. The highest BCUT2D eigenvalue weighted by atomic mass is 32.2. The molecule has 1 aromatic rings. The van der Waals surface area contributed by atoms with Crippen LogP contribution in [0.15, 0.2) is 12.3 Å². The maximum absolute atomic E-state index is 11.1. The van der Waals surface area contributed by atoms with Crippen LogP contribution in [0, 0.1) is 6.92 Å². The van der Waals surface area contributed by atoms with Gasteiger partial charge in [-0.15, -0.1) is 0 Å². The van der Waals surface area contributed by atoms with Crippen molar-refractivity contribution in [1.29, 1.82) is 0 Å². The average molecular weight is 230 g/mol. The van der Waals surface area contributed by atoms with Crippen molar-refractivity contribution in [3.63, 3.8) is 0 Å². The van der Waals surface area contributed by atoms with Gasteiger partial charge in [-0.05, 0) is 20.0 Å². The number of hydrogen-bond donors (Lipinski definition) is 2. The van der Waals surface area contributed by atoms with Crippen molar-refractivity contribution in [2.45, 2.75) is 6.92 Å². The van der Waals surface area contributed by atoms with Gasteiger partial charge in [0, 0.05) is 18.4 Å². The lowest BCUT2D eigenvalue weighted by molar-refractivity contribution is 0.588. The van der Waals surface area contributed by atoms with E-state index in [0.29, 0.717) is 5.95 Å². The fourth-order valence-corrected chi connectivity index (χ4v) is 1.51. The van der Waals surface area contributed by atoms with Crippen molar-refractivity contribution in [2.24, 2.45) is 0 Å². The van der Waals surface area contributed by atoms with Gasteiger partial charge in [0.1, 0.15) is 0 Å². The van der Waals surface area contributed by atoms with Gasteiger partial charge in [-0.1, -0.05) is 0 Å². The van der Waals surface area contributed by atoms with E-state index in [1.807, 2.05) is 6.92 Å². The van der Waals surface area contributed by atoms with Gasteiger partial charge in [-0.25, -0.2) is 23.1 Å². The molecule has 0 bridgehead atoms. The van der Waals surface area contributed by atoms with Crippen LogP contribution in [0.25, 0.3) is 0 Å². The molecule has 0 aliphatic heterocycles. The van der Waals surface area contributed by atoms with E-state index in [2.05, 4.69) is 20.0 Å². The first-order valence-electron chi connectivity index (χ1n) is 4.48. The molecule has 0 amide bonds. The van der Waals surface area contributed by atoms with Crippen molar-refractivity contribution in [3.8, 4) is 0 Å². The van der Waals surface area contributed by atoms with Crippen LogP contribution in [-0.2, 0) is 10.0 Å². The first-order chi connectivity index (χ1) is 7.03. The zero-order chi connectivity index (χ0) is 11.3. The number of aryl methyl sites for hydroxylation is 1. The quantitative estimate of drug-likeness (QED) is 0.728. The second kappa shape index (κ2) is 5.04. The fourth-order valence-electron chi connectivity index (χ4n) is 0.933. The summed E-state index contributed by atoms with van der Waals surface area (Å²) in [5.74, 6) is 0.446. The molecular weight excluding hydrogens is 216 g/mol. The number of hydrogen-bond acceptors (Lipinski definition) is 5. The topological polar surface area (TPSA) is 84.0 Å². The van der Waals surface area contributed by atoms with E-state index in [4.69, 9.17) is 0 Å². The van der Waals surface area contributed by atoms with E-state index in [-0.39, 0.29) is 12.3 Å². The second-order valence-corrected chi connectivity index (χ2v) is 5.02. The van der Waals surface area contributed by atoms with Crippen LogP contribution in [0.4, 0.5) is 5.95 Å². The maximum atomic E-state index is 11.1. The Hall–Kier alpha value is -1.21. The average Bonchev–Trinajstić information content (AvgIpc) is 2.18. The number of anilines is 1. The highest BCUT2D eigenvalue weighted by molar-refractivity contribution is 7.89. The molecule has 0 fully saturated rings. The van der Waals surface area contributed by atoms with Gasteiger partial charge >= 0.3 is 0 Å². The molecule has 6 nitrogen and oxygen atoms in total. The molecule has 0 aromatic carbocycles. The molecule has 1 heterocycles. The van der Waals surface area contributed by atoms with E-state index in [0.717, 1.165) is 5.69 Å². The summed E-state index contributed by atoms with van der Waals surface area (Å²) in [5.41, 5.74) is 0.837. The zero-order valence-corrected chi connectivity index (χ0v) is 9.50. The van der Waals surface area contributed by atoms with Gasteiger partial charge in [0.05, 0.1) is 5.75 Å². The number of sulfonamides is 1. The number of nitrogens with one attached hydrogen (secondary N) is 2. The Kier molecular flexibility index (Phi) is 3.98. The minimum absolute atomic E-state index is 0.000796. The van der Waals surface area contributed by atoms with Crippen molar-refractivity contribution in [1.82, 2.24) is 14.7 Å². The van der Waals surface area contributed by atoms with Gasteiger partial charge < -0.3 is 5.32 Å². The third kappa shape index (κ3) is 4.22. The standard InChI is InChI=1S/C8H14N4O2S/c1-7-3-4-10-8(12-7)11-5-6-15(13,14)9-2/h3-4,9H,5-6H2,1-2H3,(H,10,11,12). The van der Waals surface area contributed by atoms with Crippen LogP contribution in [-0.4, -0.2) is 37.7 Å². The Morgan fingerprint density at radius 3 is 2.80 bits per heavy atom. The molecule has 0 saturated carbocycles. The minimum atomic E-state index is -3.17. The Bertz CT molecular complexity index is 418. The molecule has 0 radical (unpaired) electrons. The van der Waals surface area contributed by atoms with Crippen LogP contribution >= 0.6 is 0 Å². The molecule has 0 unspecified atom stereocenters. The first kappa shape index (κ1) is 11.9. The van der Waals surface area contributed by atoms with Crippen molar-refractivity contribution < 1.29 is 8.42 Å². The summed E-state index contributed by atoms with van der Waals surface area (Å²) in [6.45, 7) is 2.13. The third-order valence-corrected chi connectivity index (χ3v) is 3.12. The van der Waals surface area contributed by atoms with Crippen molar-refractivity contribution in [2.75, 3.05) is 24.7 Å². The van der Waals surface area contributed by atoms with Crippen LogP contribution < -0.4 is 10.0 Å². The van der Waals surface area contributed by atoms with Gasteiger partial charge in [0.15, 0.2) is 0 Å². The van der Waals surface area contributed by atoms with Crippen LogP contribution in [0.5, 0.6) is 0 Å². The summed E-state index contributed by atoms with van der Waals surface area (Å²) in [6.07, 6.45) is 1.62. The normalized spacial score (nSPS) is 11.3. The smallest absolute Gasteiger partial charge is 0.222 e.